The maximum atomic E-state index is 6.34. The summed E-state index contributed by atoms with van der Waals surface area (Å²) < 4.78 is 0. The van der Waals surface area contributed by atoms with E-state index in [4.69, 9.17) is 5.73 Å². The van der Waals surface area contributed by atoms with Gasteiger partial charge in [0, 0.05) is 12.1 Å². The number of nitrogens with two attached hydrogens (primary N) is 1. The number of hydrogen-bond acceptors (Lipinski definition) is 2. The maximum absolute atomic E-state index is 6.34. The van der Waals surface area contributed by atoms with Gasteiger partial charge < -0.3 is 5.73 Å². The second-order valence-corrected chi connectivity index (χ2v) is 8.87. The average molecular weight is 295 g/mol. The van der Waals surface area contributed by atoms with Crippen LogP contribution in [0.2, 0.25) is 0 Å². The van der Waals surface area contributed by atoms with Gasteiger partial charge >= 0.3 is 0 Å². The van der Waals surface area contributed by atoms with Crippen LogP contribution in [0, 0.1) is 17.3 Å². The Kier molecular flexibility index (Phi) is 5.76. The monoisotopic (exact) mass is 294 g/mol. The summed E-state index contributed by atoms with van der Waals surface area (Å²) in [4.78, 5) is 2.80. The first-order chi connectivity index (χ1) is 9.88. The minimum Gasteiger partial charge on any atom is -0.329 e. The Morgan fingerprint density at radius 2 is 1.76 bits per heavy atom. The Balaban J connectivity index is 2.06. The summed E-state index contributed by atoms with van der Waals surface area (Å²) in [5.74, 6) is 1.75. The van der Waals surface area contributed by atoms with E-state index in [2.05, 4.69) is 32.6 Å². The average Bonchev–Trinajstić information content (AvgIpc) is 2.75. The summed E-state index contributed by atoms with van der Waals surface area (Å²) in [5, 5.41) is 0. The third-order valence-electron chi connectivity index (χ3n) is 6.53. The highest BCUT2D eigenvalue weighted by atomic mass is 15.2. The van der Waals surface area contributed by atoms with Gasteiger partial charge in [-0.15, -0.1) is 0 Å². The van der Waals surface area contributed by atoms with Crippen molar-refractivity contribution >= 4 is 0 Å². The summed E-state index contributed by atoms with van der Waals surface area (Å²) in [6.07, 6.45) is 10.9. The van der Waals surface area contributed by atoms with Crippen molar-refractivity contribution in [2.45, 2.75) is 84.6 Å². The molecule has 2 aliphatic rings. The van der Waals surface area contributed by atoms with Crippen LogP contribution >= 0.6 is 0 Å². The molecule has 0 aromatic rings. The van der Waals surface area contributed by atoms with Crippen LogP contribution in [0.25, 0.3) is 0 Å². The molecule has 1 saturated heterocycles. The van der Waals surface area contributed by atoms with Crippen LogP contribution < -0.4 is 5.73 Å². The van der Waals surface area contributed by atoms with Crippen molar-refractivity contribution in [3.63, 3.8) is 0 Å². The molecule has 2 unspecified atom stereocenters. The van der Waals surface area contributed by atoms with Crippen LogP contribution in [0.4, 0.5) is 0 Å². The van der Waals surface area contributed by atoms with Gasteiger partial charge in [0.2, 0.25) is 0 Å². The molecular formula is C19H38N2. The molecule has 0 aromatic carbocycles. The van der Waals surface area contributed by atoms with Gasteiger partial charge in [0.1, 0.15) is 0 Å². The molecule has 124 valence electrons. The normalized spacial score (nSPS) is 35.4. The second kappa shape index (κ2) is 7.00. The molecule has 2 atom stereocenters. The minimum absolute atomic E-state index is 0.310. The lowest BCUT2D eigenvalue weighted by atomic mass is 9.84. The zero-order valence-corrected chi connectivity index (χ0v) is 15.0. The van der Waals surface area contributed by atoms with Crippen molar-refractivity contribution in [3.05, 3.63) is 0 Å². The molecule has 1 aliphatic heterocycles. The maximum Gasteiger partial charge on any atom is 0.0331 e. The Labute approximate surface area is 132 Å². The summed E-state index contributed by atoms with van der Waals surface area (Å²) in [7, 11) is 0. The van der Waals surface area contributed by atoms with Crippen molar-refractivity contribution in [2.24, 2.45) is 23.0 Å². The highest BCUT2D eigenvalue weighted by Crippen LogP contribution is 2.39. The van der Waals surface area contributed by atoms with E-state index in [1.165, 1.54) is 64.5 Å². The molecule has 2 fully saturated rings. The van der Waals surface area contributed by atoms with E-state index in [0.717, 1.165) is 18.4 Å². The predicted octanol–water partition coefficient (Wildman–Crippen LogP) is 4.43. The topological polar surface area (TPSA) is 29.3 Å². The van der Waals surface area contributed by atoms with Gasteiger partial charge in [-0.2, -0.15) is 0 Å². The molecule has 1 aliphatic carbocycles. The van der Waals surface area contributed by atoms with Gasteiger partial charge in [-0.1, -0.05) is 40.5 Å². The Morgan fingerprint density at radius 1 is 1.00 bits per heavy atom. The highest BCUT2D eigenvalue weighted by Gasteiger charge is 2.39. The van der Waals surface area contributed by atoms with Crippen LogP contribution in [-0.2, 0) is 0 Å². The number of hydrogen-bond donors (Lipinski definition) is 1. The summed E-state index contributed by atoms with van der Waals surface area (Å²) in [6.45, 7) is 13.1. The Hall–Kier alpha value is -0.0800. The van der Waals surface area contributed by atoms with Crippen LogP contribution in [0.3, 0.4) is 0 Å². The third-order valence-corrected chi connectivity index (χ3v) is 6.53. The summed E-state index contributed by atoms with van der Waals surface area (Å²) in [6, 6.07) is 0. The van der Waals surface area contributed by atoms with Gasteiger partial charge in [0.25, 0.3) is 0 Å². The van der Waals surface area contributed by atoms with E-state index in [9.17, 15) is 0 Å². The van der Waals surface area contributed by atoms with E-state index in [1.807, 2.05) is 0 Å². The molecule has 2 rings (SSSR count). The second-order valence-electron chi connectivity index (χ2n) is 8.87. The van der Waals surface area contributed by atoms with Gasteiger partial charge in [0.15, 0.2) is 0 Å². The molecule has 0 spiro atoms. The van der Waals surface area contributed by atoms with Crippen LogP contribution in [-0.4, -0.2) is 30.1 Å². The van der Waals surface area contributed by atoms with Gasteiger partial charge in [0.05, 0.1) is 0 Å². The molecule has 2 heteroatoms. The first kappa shape index (κ1) is 17.3. The van der Waals surface area contributed by atoms with E-state index in [0.29, 0.717) is 11.0 Å². The molecule has 2 N–H and O–H groups in total. The molecule has 0 radical (unpaired) electrons. The molecule has 0 aromatic heterocycles. The predicted molar refractivity (Wildman–Crippen MR) is 92.4 cm³/mol. The van der Waals surface area contributed by atoms with Crippen molar-refractivity contribution < 1.29 is 0 Å². The zero-order valence-electron chi connectivity index (χ0n) is 15.0. The van der Waals surface area contributed by atoms with Crippen molar-refractivity contribution in [1.82, 2.24) is 4.90 Å². The van der Waals surface area contributed by atoms with Crippen LogP contribution in [0.5, 0.6) is 0 Å². The quantitative estimate of drug-likeness (QED) is 0.780. The van der Waals surface area contributed by atoms with E-state index >= 15 is 0 Å². The van der Waals surface area contributed by atoms with Gasteiger partial charge in [-0.05, 0) is 68.9 Å². The number of rotatable bonds is 3. The fourth-order valence-electron chi connectivity index (χ4n) is 4.63. The standard InChI is InChI=1S/C19H38N2/c1-16(2)17-7-5-10-19(15-20,11-8-17)21-13-6-9-18(3,4)12-14-21/h16-17H,5-15,20H2,1-4H3. The molecule has 2 nitrogen and oxygen atoms in total. The summed E-state index contributed by atoms with van der Waals surface area (Å²) >= 11 is 0. The smallest absolute Gasteiger partial charge is 0.0331 e. The van der Waals surface area contributed by atoms with Crippen molar-refractivity contribution in [2.75, 3.05) is 19.6 Å². The summed E-state index contributed by atoms with van der Waals surface area (Å²) in [5.41, 5.74) is 7.17. The molecular weight excluding hydrogens is 256 g/mol. The lowest BCUT2D eigenvalue weighted by Gasteiger charge is -2.43. The highest BCUT2D eigenvalue weighted by molar-refractivity contribution is 4.96. The fraction of sp³-hybridized carbons (Fsp3) is 1.00. The number of nitrogens with zero attached hydrogens (tertiary/aromatic N) is 1. The van der Waals surface area contributed by atoms with Crippen LogP contribution in [0.1, 0.15) is 79.1 Å². The first-order valence-electron chi connectivity index (χ1n) is 9.34. The SMILES string of the molecule is CC(C)C1CCCC(CN)(N2CCCC(C)(C)CC2)CC1. The first-order valence-corrected chi connectivity index (χ1v) is 9.34. The van der Waals surface area contributed by atoms with Crippen molar-refractivity contribution in [1.29, 1.82) is 0 Å². The molecule has 0 bridgehead atoms. The van der Waals surface area contributed by atoms with Crippen LogP contribution in [0.15, 0.2) is 0 Å². The fourth-order valence-corrected chi connectivity index (χ4v) is 4.63. The molecule has 21 heavy (non-hydrogen) atoms. The van der Waals surface area contributed by atoms with Crippen molar-refractivity contribution in [3.8, 4) is 0 Å². The van der Waals surface area contributed by atoms with E-state index < -0.39 is 0 Å². The molecule has 0 amide bonds. The van der Waals surface area contributed by atoms with Gasteiger partial charge in [-0.3, -0.25) is 4.90 Å². The molecule has 1 saturated carbocycles. The van der Waals surface area contributed by atoms with E-state index in [1.54, 1.807) is 0 Å². The Bertz CT molecular complexity index is 324. The lowest BCUT2D eigenvalue weighted by molar-refractivity contribution is 0.0767. The van der Waals surface area contributed by atoms with E-state index in [-0.39, 0.29) is 0 Å². The minimum atomic E-state index is 0.310. The molecule has 1 heterocycles. The zero-order chi connectivity index (χ0) is 15.5. The lowest BCUT2D eigenvalue weighted by Crippen LogP contribution is -2.54. The number of likely N-dealkylation sites (tertiary alicyclic amines) is 1. The largest absolute Gasteiger partial charge is 0.329 e. The Morgan fingerprint density at radius 3 is 2.43 bits per heavy atom. The van der Waals surface area contributed by atoms with Gasteiger partial charge in [-0.25, -0.2) is 0 Å². The third kappa shape index (κ3) is 4.22.